The molecule has 4 heteroatoms. The summed E-state index contributed by atoms with van der Waals surface area (Å²) in [7, 11) is 0. The zero-order valence-electron chi connectivity index (χ0n) is 9.08. The van der Waals surface area contributed by atoms with E-state index in [9.17, 15) is 4.79 Å². The van der Waals surface area contributed by atoms with Crippen molar-refractivity contribution in [3.05, 3.63) is 66.0 Å². The molecule has 0 aliphatic carbocycles. The maximum absolute atomic E-state index is 11.7. The van der Waals surface area contributed by atoms with Crippen molar-refractivity contribution in [3.8, 4) is 0 Å². The number of hydrogen-bond acceptors (Lipinski definition) is 3. The molecule has 2 N–H and O–H groups in total. The van der Waals surface area contributed by atoms with Gasteiger partial charge in [0, 0.05) is 12.4 Å². The van der Waals surface area contributed by atoms with Crippen LogP contribution in [0.15, 0.2) is 54.9 Å². The molecule has 0 aliphatic heterocycles. The van der Waals surface area contributed by atoms with Gasteiger partial charge in [0.25, 0.3) is 5.91 Å². The second-order valence-electron chi connectivity index (χ2n) is 3.61. The van der Waals surface area contributed by atoms with E-state index in [2.05, 4.69) is 4.98 Å². The third-order valence-corrected chi connectivity index (χ3v) is 2.52. The Morgan fingerprint density at radius 1 is 1.12 bits per heavy atom. The topological polar surface area (TPSA) is 62.2 Å². The van der Waals surface area contributed by atoms with Crippen molar-refractivity contribution in [1.82, 2.24) is 10.5 Å². The van der Waals surface area contributed by atoms with Crippen molar-refractivity contribution in [2.75, 3.05) is 0 Å². The van der Waals surface area contributed by atoms with E-state index in [1.165, 1.54) is 0 Å². The lowest BCUT2D eigenvalue weighted by Gasteiger charge is -2.15. The summed E-state index contributed by atoms with van der Waals surface area (Å²) in [6.07, 6.45) is 3.26. The third-order valence-electron chi connectivity index (χ3n) is 2.52. The van der Waals surface area contributed by atoms with Gasteiger partial charge in [-0.1, -0.05) is 36.4 Å². The number of hydrogen-bond donors (Lipinski definition) is 2. The van der Waals surface area contributed by atoms with Crippen LogP contribution in [-0.4, -0.2) is 16.1 Å². The number of carbonyl (C=O) groups is 1. The number of nitrogens with one attached hydrogen (secondary N) is 1. The molecule has 2 aromatic rings. The van der Waals surface area contributed by atoms with Crippen LogP contribution in [0.1, 0.15) is 17.0 Å². The Hall–Kier alpha value is -2.20. The first kappa shape index (κ1) is 11.3. The van der Waals surface area contributed by atoms with Gasteiger partial charge in [-0.05, 0) is 17.2 Å². The van der Waals surface area contributed by atoms with Gasteiger partial charge in [0.2, 0.25) is 0 Å². The summed E-state index contributed by atoms with van der Waals surface area (Å²) in [6, 6.07) is 12.8. The Labute approximate surface area is 98.9 Å². The molecule has 0 aliphatic rings. The molecule has 0 saturated heterocycles. The van der Waals surface area contributed by atoms with Crippen molar-refractivity contribution in [2.24, 2.45) is 0 Å². The van der Waals surface area contributed by atoms with Crippen LogP contribution in [0.3, 0.4) is 0 Å². The summed E-state index contributed by atoms with van der Waals surface area (Å²) in [5.41, 5.74) is 3.25. The summed E-state index contributed by atoms with van der Waals surface area (Å²) in [5, 5.41) is 8.81. The van der Waals surface area contributed by atoms with Gasteiger partial charge in [0.05, 0.1) is 5.92 Å². The molecule has 0 bridgehead atoms. The maximum Gasteiger partial charge on any atom is 0.255 e. The second-order valence-corrected chi connectivity index (χ2v) is 3.61. The smallest absolute Gasteiger partial charge is 0.255 e. The molecule has 4 nitrogen and oxygen atoms in total. The molecule has 1 unspecified atom stereocenters. The Morgan fingerprint density at radius 3 is 2.41 bits per heavy atom. The van der Waals surface area contributed by atoms with Gasteiger partial charge in [-0.2, -0.15) is 0 Å². The number of pyridine rings is 1. The fourth-order valence-electron chi connectivity index (χ4n) is 1.75. The first-order chi connectivity index (χ1) is 8.33. The molecule has 86 valence electrons. The van der Waals surface area contributed by atoms with Crippen LogP contribution in [0.25, 0.3) is 0 Å². The van der Waals surface area contributed by atoms with Crippen molar-refractivity contribution in [1.29, 1.82) is 0 Å². The van der Waals surface area contributed by atoms with Crippen LogP contribution in [0.4, 0.5) is 0 Å². The van der Waals surface area contributed by atoms with Crippen LogP contribution in [0.2, 0.25) is 0 Å². The van der Waals surface area contributed by atoms with E-state index in [1.807, 2.05) is 30.3 Å². The Morgan fingerprint density at radius 2 is 1.82 bits per heavy atom. The predicted octanol–water partition coefficient (Wildman–Crippen LogP) is 1.72. The number of nitrogens with zero attached hydrogens (tertiary/aromatic N) is 1. The van der Waals surface area contributed by atoms with Gasteiger partial charge in [-0.15, -0.1) is 0 Å². The molecule has 0 fully saturated rings. The van der Waals surface area contributed by atoms with E-state index < -0.39 is 11.8 Å². The monoisotopic (exact) mass is 228 g/mol. The normalized spacial score (nSPS) is 11.8. The average Bonchev–Trinajstić information content (AvgIpc) is 2.41. The largest absolute Gasteiger partial charge is 0.289 e. The SMILES string of the molecule is O=C(NO)C(c1ccccc1)c1cccnc1. The molecule has 1 amide bonds. The molecule has 0 saturated carbocycles. The van der Waals surface area contributed by atoms with Crippen LogP contribution in [0, 0.1) is 0 Å². The fourth-order valence-corrected chi connectivity index (χ4v) is 1.75. The lowest BCUT2D eigenvalue weighted by atomic mass is 9.92. The summed E-state index contributed by atoms with van der Waals surface area (Å²) in [6.45, 7) is 0. The number of rotatable bonds is 3. The highest BCUT2D eigenvalue weighted by molar-refractivity contribution is 5.86. The van der Waals surface area contributed by atoms with Gasteiger partial charge >= 0.3 is 0 Å². The zero-order chi connectivity index (χ0) is 12.1. The van der Waals surface area contributed by atoms with E-state index in [4.69, 9.17) is 5.21 Å². The first-order valence-corrected chi connectivity index (χ1v) is 5.21. The number of carbonyl (C=O) groups excluding carboxylic acids is 1. The fraction of sp³-hybridized carbons (Fsp3) is 0.0769. The minimum atomic E-state index is -0.546. The lowest BCUT2D eigenvalue weighted by molar-refractivity contribution is -0.129. The molecule has 0 radical (unpaired) electrons. The quantitative estimate of drug-likeness (QED) is 0.621. The minimum Gasteiger partial charge on any atom is -0.289 e. The van der Waals surface area contributed by atoms with E-state index >= 15 is 0 Å². The number of aromatic nitrogens is 1. The molecule has 1 aromatic heterocycles. The molecule has 0 spiro atoms. The predicted molar refractivity (Wildman–Crippen MR) is 62.5 cm³/mol. The van der Waals surface area contributed by atoms with Crippen LogP contribution in [0.5, 0.6) is 0 Å². The molecular weight excluding hydrogens is 216 g/mol. The summed E-state index contributed by atoms with van der Waals surface area (Å²) < 4.78 is 0. The number of amides is 1. The summed E-state index contributed by atoms with van der Waals surface area (Å²) in [5.74, 6) is -1.01. The van der Waals surface area contributed by atoms with Crippen LogP contribution in [-0.2, 0) is 4.79 Å². The molecule has 1 heterocycles. The van der Waals surface area contributed by atoms with E-state index in [1.54, 1.807) is 30.0 Å². The average molecular weight is 228 g/mol. The van der Waals surface area contributed by atoms with Gasteiger partial charge < -0.3 is 0 Å². The second kappa shape index (κ2) is 5.23. The summed E-state index contributed by atoms with van der Waals surface area (Å²) >= 11 is 0. The highest BCUT2D eigenvalue weighted by atomic mass is 16.5. The van der Waals surface area contributed by atoms with Crippen molar-refractivity contribution in [3.63, 3.8) is 0 Å². The third kappa shape index (κ3) is 2.49. The van der Waals surface area contributed by atoms with Crippen molar-refractivity contribution in [2.45, 2.75) is 5.92 Å². The minimum absolute atomic E-state index is 0.468. The highest BCUT2D eigenvalue weighted by Gasteiger charge is 2.22. The van der Waals surface area contributed by atoms with Gasteiger partial charge in [0.1, 0.15) is 0 Å². The lowest BCUT2D eigenvalue weighted by Crippen LogP contribution is -2.27. The number of hydroxylamine groups is 1. The standard InChI is InChI=1S/C13H12N2O2/c16-13(15-17)12(10-5-2-1-3-6-10)11-7-4-8-14-9-11/h1-9,12,17H,(H,15,16). The number of benzene rings is 1. The van der Waals surface area contributed by atoms with Gasteiger partial charge in [-0.25, -0.2) is 5.48 Å². The Balaban J connectivity index is 2.43. The van der Waals surface area contributed by atoms with E-state index in [0.29, 0.717) is 0 Å². The molecule has 1 aromatic carbocycles. The molecule has 17 heavy (non-hydrogen) atoms. The molecular formula is C13H12N2O2. The first-order valence-electron chi connectivity index (χ1n) is 5.21. The summed E-state index contributed by atoms with van der Waals surface area (Å²) in [4.78, 5) is 15.7. The van der Waals surface area contributed by atoms with Gasteiger partial charge in [0.15, 0.2) is 0 Å². The maximum atomic E-state index is 11.7. The highest BCUT2D eigenvalue weighted by Crippen LogP contribution is 2.23. The Bertz CT molecular complexity index is 446. The van der Waals surface area contributed by atoms with Crippen LogP contribution < -0.4 is 5.48 Å². The molecule has 1 atom stereocenters. The Kier molecular flexibility index (Phi) is 3.47. The van der Waals surface area contributed by atoms with E-state index in [0.717, 1.165) is 11.1 Å². The van der Waals surface area contributed by atoms with Crippen LogP contribution >= 0.6 is 0 Å². The zero-order valence-corrected chi connectivity index (χ0v) is 9.08. The molecule has 2 rings (SSSR count). The van der Waals surface area contributed by atoms with Crippen molar-refractivity contribution < 1.29 is 10.0 Å². The van der Waals surface area contributed by atoms with Gasteiger partial charge in [-0.3, -0.25) is 15.0 Å². The van der Waals surface area contributed by atoms with E-state index in [-0.39, 0.29) is 0 Å². The van der Waals surface area contributed by atoms with Crippen molar-refractivity contribution >= 4 is 5.91 Å².